The average molecular weight is 231 g/mol. The van der Waals surface area contributed by atoms with Crippen LogP contribution in [0.2, 0.25) is 0 Å². The van der Waals surface area contributed by atoms with Crippen LogP contribution in [0.4, 0.5) is 0 Å². The van der Waals surface area contributed by atoms with Gasteiger partial charge in [-0.2, -0.15) is 0 Å². The average Bonchev–Trinajstić information content (AvgIpc) is 1.78. The Kier molecular flexibility index (Phi) is 1.25. The number of benzene rings is 1. The molecule has 1 aliphatic heterocycles. The number of halogens is 1. The predicted molar refractivity (Wildman–Crippen MR) is 33.6 cm³/mol. The molecule has 1 aliphatic rings. The topological polar surface area (TPSA) is 0 Å². The Morgan fingerprint density at radius 1 is 1.44 bits per heavy atom. The summed E-state index contributed by atoms with van der Waals surface area (Å²) >= 11 is 0.459. The van der Waals surface area contributed by atoms with Gasteiger partial charge in [-0.1, -0.05) is 0 Å². The second kappa shape index (κ2) is 1.97. The molecule has 0 aliphatic carbocycles. The Bertz CT molecular complexity index is 240. The van der Waals surface area contributed by atoms with Crippen LogP contribution in [-0.2, 0) is 4.43 Å². The fourth-order valence-corrected chi connectivity index (χ4v) is 3.08. The van der Waals surface area contributed by atoms with Gasteiger partial charge in [0, 0.05) is 0 Å². The first kappa shape index (κ1) is 5.71. The molecule has 0 saturated heterocycles. The summed E-state index contributed by atoms with van der Waals surface area (Å²) in [5, 5.41) is 0. The van der Waals surface area contributed by atoms with Gasteiger partial charge in [0.1, 0.15) is 0 Å². The molecule has 0 radical (unpaired) electrons. The van der Waals surface area contributed by atoms with Crippen molar-refractivity contribution in [1.82, 2.24) is 0 Å². The number of hydrogen-bond acceptors (Lipinski definition) is 0. The van der Waals surface area contributed by atoms with Crippen molar-refractivity contribution in [3.8, 4) is 0 Å². The van der Waals surface area contributed by atoms with Crippen LogP contribution in [0.1, 0.15) is 11.1 Å². The molecule has 1 aromatic rings. The molecule has 0 atom stereocenters. The maximum absolute atomic E-state index is 2.32. The van der Waals surface area contributed by atoms with Gasteiger partial charge in [-0.15, -0.1) is 0 Å². The SMILES string of the molecule is Cc1ccc2c(c1)C[I-]2. The number of alkyl halides is 1. The van der Waals surface area contributed by atoms with Crippen molar-refractivity contribution in [2.75, 3.05) is 0 Å². The third-order valence-corrected chi connectivity index (χ3v) is 4.63. The van der Waals surface area contributed by atoms with Crippen LogP contribution in [0.5, 0.6) is 0 Å². The van der Waals surface area contributed by atoms with E-state index in [9.17, 15) is 0 Å². The summed E-state index contributed by atoms with van der Waals surface area (Å²) in [5.74, 6) is 0. The van der Waals surface area contributed by atoms with Gasteiger partial charge in [0.15, 0.2) is 0 Å². The fraction of sp³-hybridized carbons (Fsp3) is 0.250. The van der Waals surface area contributed by atoms with E-state index in [1.165, 1.54) is 9.99 Å². The molecule has 0 fully saturated rings. The van der Waals surface area contributed by atoms with Crippen LogP contribution in [0, 0.1) is 10.5 Å². The van der Waals surface area contributed by atoms with Crippen molar-refractivity contribution >= 4 is 0 Å². The molecule has 48 valence electrons. The first-order valence-corrected chi connectivity index (χ1v) is 5.65. The monoisotopic (exact) mass is 231 g/mol. The quantitative estimate of drug-likeness (QED) is 0.387. The summed E-state index contributed by atoms with van der Waals surface area (Å²) in [4.78, 5) is 0. The van der Waals surface area contributed by atoms with Gasteiger partial charge in [0.05, 0.1) is 0 Å². The van der Waals surface area contributed by atoms with Crippen molar-refractivity contribution in [2.24, 2.45) is 0 Å². The van der Waals surface area contributed by atoms with Crippen molar-refractivity contribution < 1.29 is 21.2 Å². The molecule has 1 heterocycles. The summed E-state index contributed by atoms with van der Waals surface area (Å²) in [6, 6.07) is 6.83. The van der Waals surface area contributed by atoms with Gasteiger partial charge in [0.2, 0.25) is 0 Å². The summed E-state index contributed by atoms with van der Waals surface area (Å²) in [6.45, 7) is 2.16. The van der Waals surface area contributed by atoms with Crippen molar-refractivity contribution in [3.05, 3.63) is 32.9 Å². The Morgan fingerprint density at radius 2 is 2.33 bits per heavy atom. The van der Waals surface area contributed by atoms with E-state index >= 15 is 0 Å². The van der Waals surface area contributed by atoms with E-state index < -0.39 is 0 Å². The summed E-state index contributed by atoms with van der Waals surface area (Å²) in [7, 11) is 0. The molecule has 1 aromatic carbocycles. The van der Waals surface area contributed by atoms with Gasteiger partial charge in [-0.3, -0.25) is 0 Å². The van der Waals surface area contributed by atoms with Crippen molar-refractivity contribution in [3.63, 3.8) is 0 Å². The Balaban J connectivity index is 2.57. The predicted octanol–water partition coefficient (Wildman–Crippen LogP) is -1.23. The first-order chi connectivity index (χ1) is 4.36. The molecular formula is C8H8I-. The molecule has 0 N–H and O–H groups in total. The molecule has 9 heavy (non-hydrogen) atoms. The third kappa shape index (κ3) is 0.874. The summed E-state index contributed by atoms with van der Waals surface area (Å²) in [6.07, 6.45) is 0. The molecule has 0 saturated carbocycles. The second-order valence-corrected chi connectivity index (χ2v) is 5.05. The van der Waals surface area contributed by atoms with E-state index in [4.69, 9.17) is 0 Å². The normalized spacial score (nSPS) is 15.2. The van der Waals surface area contributed by atoms with E-state index in [2.05, 4.69) is 25.1 Å². The standard InChI is InChI=1S/C8H8I/c1-6-2-3-8-7(4-6)5-9-8/h2-4H,5H2,1H3/q-1. The van der Waals surface area contributed by atoms with Gasteiger partial charge < -0.3 is 0 Å². The minimum atomic E-state index is 0.459. The summed E-state index contributed by atoms with van der Waals surface area (Å²) < 4.78 is 3.08. The number of aryl methyl sites for hydroxylation is 1. The maximum atomic E-state index is 2.32. The molecule has 0 spiro atoms. The first-order valence-electron chi connectivity index (χ1n) is 3.05. The fourth-order valence-electron chi connectivity index (χ4n) is 1.01. The number of fused-ring (bicyclic) bond motifs is 1. The van der Waals surface area contributed by atoms with Gasteiger partial charge in [0.25, 0.3) is 0 Å². The molecular weight excluding hydrogens is 223 g/mol. The third-order valence-electron chi connectivity index (χ3n) is 1.56. The molecule has 0 unspecified atom stereocenters. The Labute approximate surface area is 65.5 Å². The second-order valence-electron chi connectivity index (χ2n) is 2.36. The van der Waals surface area contributed by atoms with Crippen LogP contribution in [0.15, 0.2) is 18.2 Å². The molecule has 1 heteroatoms. The summed E-state index contributed by atoms with van der Waals surface area (Å²) in [5.41, 5.74) is 3.03. The van der Waals surface area contributed by atoms with Crippen LogP contribution in [-0.4, -0.2) is 0 Å². The molecule has 0 nitrogen and oxygen atoms in total. The van der Waals surface area contributed by atoms with Gasteiger partial charge >= 0.3 is 65.5 Å². The van der Waals surface area contributed by atoms with Gasteiger partial charge in [-0.05, 0) is 0 Å². The zero-order chi connectivity index (χ0) is 6.27. The van der Waals surface area contributed by atoms with Crippen molar-refractivity contribution in [1.29, 1.82) is 0 Å². The number of hydrogen-bond donors (Lipinski definition) is 0. The zero-order valence-electron chi connectivity index (χ0n) is 5.32. The van der Waals surface area contributed by atoms with E-state index in [-0.39, 0.29) is 0 Å². The molecule has 2 rings (SSSR count). The Morgan fingerprint density at radius 3 is 2.78 bits per heavy atom. The molecule has 0 amide bonds. The van der Waals surface area contributed by atoms with Crippen LogP contribution in [0.25, 0.3) is 0 Å². The number of rotatable bonds is 0. The van der Waals surface area contributed by atoms with Crippen molar-refractivity contribution in [2.45, 2.75) is 11.4 Å². The minimum absolute atomic E-state index is 0.459. The van der Waals surface area contributed by atoms with E-state index in [0.717, 1.165) is 0 Å². The molecule has 0 bridgehead atoms. The Hall–Kier alpha value is -0.0500. The van der Waals surface area contributed by atoms with Gasteiger partial charge in [-0.25, -0.2) is 0 Å². The van der Waals surface area contributed by atoms with E-state index in [1.807, 2.05) is 0 Å². The van der Waals surface area contributed by atoms with Crippen LogP contribution < -0.4 is 21.2 Å². The van der Waals surface area contributed by atoms with Crippen LogP contribution >= 0.6 is 0 Å². The molecule has 0 aromatic heterocycles. The van der Waals surface area contributed by atoms with E-state index in [1.54, 1.807) is 9.13 Å². The zero-order valence-corrected chi connectivity index (χ0v) is 7.47. The van der Waals surface area contributed by atoms with Crippen LogP contribution in [0.3, 0.4) is 0 Å². The van der Waals surface area contributed by atoms with E-state index in [0.29, 0.717) is 21.2 Å².